The minimum Gasteiger partial charge on any atom is -0.289 e. The average Bonchev–Trinajstić information content (AvgIpc) is 2.53. The smallest absolute Gasteiger partial charge is 0.185 e. The molecule has 0 aliphatic rings. The largest absolute Gasteiger partial charge is 0.289 e. The highest BCUT2D eigenvalue weighted by molar-refractivity contribution is 6.06. The van der Waals surface area contributed by atoms with E-state index in [9.17, 15) is 4.79 Å². The highest BCUT2D eigenvalue weighted by atomic mass is 16.1. The van der Waals surface area contributed by atoms with Gasteiger partial charge in [-0.2, -0.15) is 0 Å². The Morgan fingerprint density at radius 2 is 1.67 bits per heavy atom. The number of hydrogen-bond donors (Lipinski definition) is 0. The second-order valence-corrected chi connectivity index (χ2v) is 4.87. The van der Waals surface area contributed by atoms with E-state index in [0.717, 1.165) is 22.2 Å². The molecule has 0 fully saturated rings. The fourth-order valence-corrected chi connectivity index (χ4v) is 2.07. The fourth-order valence-electron chi connectivity index (χ4n) is 2.07. The summed E-state index contributed by atoms with van der Waals surface area (Å²) in [6, 6.07) is 13.3. The first-order chi connectivity index (χ1) is 10.2. The number of hydrogen-bond acceptors (Lipinski definition) is 3. The lowest BCUT2D eigenvalue weighted by Gasteiger charge is -1.98. The lowest BCUT2D eigenvalue weighted by molar-refractivity contribution is 0.104. The van der Waals surface area contributed by atoms with Gasteiger partial charge in [0.1, 0.15) is 0 Å². The van der Waals surface area contributed by atoms with Gasteiger partial charge in [0, 0.05) is 18.0 Å². The summed E-state index contributed by atoms with van der Waals surface area (Å²) < 4.78 is 0. The summed E-state index contributed by atoms with van der Waals surface area (Å²) in [7, 11) is 0. The van der Waals surface area contributed by atoms with E-state index in [-0.39, 0.29) is 5.78 Å². The van der Waals surface area contributed by atoms with Gasteiger partial charge in [0.15, 0.2) is 5.78 Å². The number of ketones is 1. The van der Waals surface area contributed by atoms with Crippen LogP contribution in [0.3, 0.4) is 0 Å². The van der Waals surface area contributed by atoms with Crippen molar-refractivity contribution in [1.29, 1.82) is 0 Å². The van der Waals surface area contributed by atoms with Crippen LogP contribution in [0.1, 0.15) is 21.5 Å². The van der Waals surface area contributed by atoms with E-state index < -0.39 is 0 Å². The van der Waals surface area contributed by atoms with E-state index in [1.165, 1.54) is 0 Å². The first kappa shape index (κ1) is 13.2. The van der Waals surface area contributed by atoms with E-state index in [1.807, 2.05) is 49.4 Å². The Hall–Kier alpha value is -2.81. The SMILES string of the molecule is Cc1ccc(C(=O)/C=C\c2ccc3nccnc3c2)cc1. The third-order valence-electron chi connectivity index (χ3n) is 3.26. The standard InChI is InChI=1S/C18H14N2O/c1-13-2-6-15(7-3-13)18(21)9-5-14-4-8-16-17(12-14)20-11-10-19-16/h2-12H,1H3/b9-5-. The van der Waals surface area contributed by atoms with Crippen molar-refractivity contribution in [3.63, 3.8) is 0 Å². The summed E-state index contributed by atoms with van der Waals surface area (Å²) in [5.41, 5.74) is 4.44. The van der Waals surface area contributed by atoms with Gasteiger partial charge < -0.3 is 0 Å². The number of allylic oxidation sites excluding steroid dienone is 1. The van der Waals surface area contributed by atoms with Crippen LogP contribution in [0.15, 0.2) is 60.9 Å². The van der Waals surface area contributed by atoms with Crippen LogP contribution < -0.4 is 0 Å². The van der Waals surface area contributed by atoms with Gasteiger partial charge in [0.2, 0.25) is 0 Å². The zero-order chi connectivity index (χ0) is 14.7. The van der Waals surface area contributed by atoms with Crippen LogP contribution in [-0.4, -0.2) is 15.8 Å². The monoisotopic (exact) mass is 274 g/mol. The topological polar surface area (TPSA) is 42.9 Å². The molecule has 3 aromatic rings. The molecule has 0 atom stereocenters. The summed E-state index contributed by atoms with van der Waals surface area (Å²) in [6.07, 6.45) is 6.71. The molecule has 0 N–H and O–H groups in total. The number of aryl methyl sites for hydroxylation is 1. The molecule has 0 aliphatic carbocycles. The van der Waals surface area contributed by atoms with Gasteiger partial charge in [-0.05, 0) is 30.7 Å². The molecule has 3 nitrogen and oxygen atoms in total. The van der Waals surface area contributed by atoms with Gasteiger partial charge >= 0.3 is 0 Å². The molecule has 21 heavy (non-hydrogen) atoms. The lowest BCUT2D eigenvalue weighted by Crippen LogP contribution is -1.93. The number of benzene rings is 2. The van der Waals surface area contributed by atoms with E-state index in [1.54, 1.807) is 24.5 Å². The van der Waals surface area contributed by atoms with Gasteiger partial charge in [-0.1, -0.05) is 42.0 Å². The molecule has 0 unspecified atom stereocenters. The van der Waals surface area contributed by atoms with Crippen LogP contribution in [0.2, 0.25) is 0 Å². The molecule has 0 bridgehead atoms. The Kier molecular flexibility index (Phi) is 3.56. The van der Waals surface area contributed by atoms with Gasteiger partial charge in [-0.25, -0.2) is 0 Å². The van der Waals surface area contributed by atoms with Gasteiger partial charge in [-0.15, -0.1) is 0 Å². The van der Waals surface area contributed by atoms with Crippen molar-refractivity contribution < 1.29 is 4.79 Å². The molecule has 1 heterocycles. The van der Waals surface area contributed by atoms with Crippen molar-refractivity contribution in [3.8, 4) is 0 Å². The zero-order valence-corrected chi connectivity index (χ0v) is 11.7. The second kappa shape index (κ2) is 5.67. The van der Waals surface area contributed by atoms with E-state index >= 15 is 0 Å². The average molecular weight is 274 g/mol. The number of nitrogens with zero attached hydrogens (tertiary/aromatic N) is 2. The Morgan fingerprint density at radius 1 is 0.952 bits per heavy atom. The van der Waals surface area contributed by atoms with Crippen molar-refractivity contribution >= 4 is 22.9 Å². The van der Waals surface area contributed by atoms with Crippen LogP contribution in [0.5, 0.6) is 0 Å². The number of fused-ring (bicyclic) bond motifs is 1. The van der Waals surface area contributed by atoms with Crippen molar-refractivity contribution in [2.45, 2.75) is 6.92 Å². The molecule has 2 aromatic carbocycles. The maximum absolute atomic E-state index is 12.1. The lowest BCUT2D eigenvalue weighted by atomic mass is 10.1. The third kappa shape index (κ3) is 3.03. The quantitative estimate of drug-likeness (QED) is 0.538. The van der Waals surface area contributed by atoms with Crippen LogP contribution in [0.4, 0.5) is 0 Å². The Morgan fingerprint density at radius 3 is 2.43 bits per heavy atom. The van der Waals surface area contributed by atoms with Crippen LogP contribution in [0.25, 0.3) is 17.1 Å². The molecule has 0 radical (unpaired) electrons. The van der Waals surface area contributed by atoms with Gasteiger partial charge in [0.25, 0.3) is 0 Å². The minimum atomic E-state index is -0.00533. The molecule has 1 aromatic heterocycles. The summed E-state index contributed by atoms with van der Waals surface area (Å²) in [4.78, 5) is 20.6. The molecule has 0 aliphatic heterocycles. The summed E-state index contributed by atoms with van der Waals surface area (Å²) >= 11 is 0. The molecule has 0 saturated heterocycles. The summed E-state index contributed by atoms with van der Waals surface area (Å²) in [6.45, 7) is 2.00. The number of carbonyl (C=O) groups is 1. The molecule has 0 saturated carbocycles. The van der Waals surface area contributed by atoms with Crippen molar-refractivity contribution in [1.82, 2.24) is 9.97 Å². The first-order valence-corrected chi connectivity index (χ1v) is 6.72. The minimum absolute atomic E-state index is 0.00533. The predicted octanol–water partition coefficient (Wildman–Crippen LogP) is 3.83. The maximum Gasteiger partial charge on any atom is 0.185 e. The third-order valence-corrected chi connectivity index (χ3v) is 3.26. The Bertz CT molecular complexity index is 820. The van der Waals surface area contributed by atoms with Crippen LogP contribution >= 0.6 is 0 Å². The molecule has 3 heteroatoms. The summed E-state index contributed by atoms with van der Waals surface area (Å²) in [5, 5.41) is 0. The summed E-state index contributed by atoms with van der Waals surface area (Å²) in [5.74, 6) is -0.00533. The van der Waals surface area contributed by atoms with Crippen molar-refractivity contribution in [2.75, 3.05) is 0 Å². The number of carbonyl (C=O) groups excluding carboxylic acids is 1. The first-order valence-electron chi connectivity index (χ1n) is 6.72. The van der Waals surface area contributed by atoms with Crippen molar-refractivity contribution in [2.24, 2.45) is 0 Å². The second-order valence-electron chi connectivity index (χ2n) is 4.87. The molecule has 0 spiro atoms. The van der Waals surface area contributed by atoms with Crippen molar-refractivity contribution in [3.05, 3.63) is 77.6 Å². The normalized spacial score (nSPS) is 11.1. The van der Waals surface area contributed by atoms with Crippen LogP contribution in [0, 0.1) is 6.92 Å². The highest BCUT2D eigenvalue weighted by Crippen LogP contribution is 2.13. The molecule has 102 valence electrons. The van der Waals surface area contributed by atoms with E-state index in [4.69, 9.17) is 0 Å². The maximum atomic E-state index is 12.1. The molecule has 3 rings (SSSR count). The molecular weight excluding hydrogens is 260 g/mol. The van der Waals surface area contributed by atoms with E-state index in [2.05, 4.69) is 9.97 Å². The Balaban J connectivity index is 1.83. The fraction of sp³-hybridized carbons (Fsp3) is 0.0556. The van der Waals surface area contributed by atoms with Crippen LogP contribution in [-0.2, 0) is 0 Å². The van der Waals surface area contributed by atoms with E-state index in [0.29, 0.717) is 5.56 Å². The molecule has 0 amide bonds. The Labute approximate surface area is 123 Å². The zero-order valence-electron chi connectivity index (χ0n) is 11.7. The molecular formula is C18H14N2O. The van der Waals surface area contributed by atoms with Gasteiger partial charge in [0.05, 0.1) is 11.0 Å². The van der Waals surface area contributed by atoms with Gasteiger partial charge in [-0.3, -0.25) is 14.8 Å². The number of rotatable bonds is 3. The highest BCUT2D eigenvalue weighted by Gasteiger charge is 2.01. The predicted molar refractivity (Wildman–Crippen MR) is 84.1 cm³/mol. The number of aromatic nitrogens is 2.